The molecule has 0 fully saturated rings. The highest BCUT2D eigenvalue weighted by atomic mass is 16.4. The quantitative estimate of drug-likeness (QED) is 0.382. The van der Waals surface area contributed by atoms with E-state index in [0.29, 0.717) is 11.7 Å². The Balaban J connectivity index is 2.40. The molecule has 0 saturated heterocycles. The van der Waals surface area contributed by atoms with Crippen molar-refractivity contribution >= 4 is 0 Å². The summed E-state index contributed by atoms with van der Waals surface area (Å²) < 4.78 is 0. The van der Waals surface area contributed by atoms with Gasteiger partial charge in [0.25, 0.3) is 0 Å². The summed E-state index contributed by atoms with van der Waals surface area (Å²) in [6, 6.07) is 0. The van der Waals surface area contributed by atoms with Gasteiger partial charge >= 0.3 is 0 Å². The van der Waals surface area contributed by atoms with Crippen LogP contribution in [0.2, 0.25) is 0 Å². The van der Waals surface area contributed by atoms with Crippen LogP contribution in [0.5, 0.6) is 0 Å². The standard InChI is InChI=1S/C8H13N3O2/c12-9-11(10-13)7-8-5-3-1-2-4-6-8/h3,5,8H,1-2,4,6-7H2. The predicted molar refractivity (Wildman–Crippen MR) is 49.4 cm³/mol. The summed E-state index contributed by atoms with van der Waals surface area (Å²) in [5.41, 5.74) is 0. The van der Waals surface area contributed by atoms with Gasteiger partial charge in [-0.2, -0.15) is 0 Å². The second-order valence-corrected chi connectivity index (χ2v) is 3.19. The highest BCUT2D eigenvalue weighted by Gasteiger charge is 2.12. The molecule has 0 spiro atoms. The minimum absolute atomic E-state index is 0.234. The number of allylic oxidation sites excluding steroid dienone is 1. The van der Waals surface area contributed by atoms with Gasteiger partial charge in [0, 0.05) is 0 Å². The average Bonchev–Trinajstić information content (AvgIpc) is 2.42. The monoisotopic (exact) mass is 183 g/mol. The summed E-state index contributed by atoms with van der Waals surface area (Å²) in [7, 11) is 0. The maximum Gasteiger partial charge on any atom is 0.0777 e. The van der Waals surface area contributed by atoms with Crippen LogP contribution in [-0.2, 0) is 0 Å². The first-order valence-corrected chi connectivity index (χ1v) is 4.47. The summed E-state index contributed by atoms with van der Waals surface area (Å²) in [6.07, 6.45) is 8.51. The van der Waals surface area contributed by atoms with Crippen LogP contribution >= 0.6 is 0 Å². The van der Waals surface area contributed by atoms with Gasteiger partial charge in [-0.15, -0.1) is 14.9 Å². The first kappa shape index (κ1) is 9.83. The molecule has 0 amide bonds. The Kier molecular flexibility index (Phi) is 4.08. The largest absolute Gasteiger partial charge is 0.123 e. The number of nitrogens with zero attached hydrogens (tertiary/aromatic N) is 3. The van der Waals surface area contributed by atoms with E-state index in [1.807, 2.05) is 6.08 Å². The molecule has 0 aromatic heterocycles. The van der Waals surface area contributed by atoms with Gasteiger partial charge in [-0.25, -0.2) is 0 Å². The number of rotatable bonds is 4. The molecule has 0 saturated carbocycles. The lowest BCUT2D eigenvalue weighted by molar-refractivity contribution is 0.258. The Morgan fingerprint density at radius 1 is 1.31 bits per heavy atom. The molecule has 0 bridgehead atoms. The first-order chi connectivity index (χ1) is 6.36. The fourth-order valence-corrected chi connectivity index (χ4v) is 1.50. The van der Waals surface area contributed by atoms with Gasteiger partial charge in [-0.05, 0) is 25.2 Å². The molecule has 5 nitrogen and oxygen atoms in total. The molecule has 1 rings (SSSR count). The molecule has 0 radical (unpaired) electrons. The molecule has 1 unspecified atom stereocenters. The molecular formula is C8H13N3O2. The third-order valence-electron chi connectivity index (χ3n) is 2.19. The van der Waals surface area contributed by atoms with E-state index in [4.69, 9.17) is 0 Å². The Hall–Kier alpha value is -1.26. The number of nitroso groups, excluding NO2 is 2. The normalized spacial score (nSPS) is 22.0. The van der Waals surface area contributed by atoms with Gasteiger partial charge < -0.3 is 0 Å². The van der Waals surface area contributed by atoms with Crippen LogP contribution in [0, 0.1) is 15.7 Å². The van der Waals surface area contributed by atoms with Crippen molar-refractivity contribution in [3.8, 4) is 0 Å². The van der Waals surface area contributed by atoms with Gasteiger partial charge in [0.1, 0.15) is 0 Å². The molecule has 0 aromatic rings. The van der Waals surface area contributed by atoms with Gasteiger partial charge in [0.05, 0.1) is 17.1 Å². The van der Waals surface area contributed by atoms with E-state index >= 15 is 0 Å². The maximum absolute atomic E-state index is 10.1. The number of hydrogen-bond acceptors (Lipinski definition) is 4. The molecule has 1 atom stereocenters. The van der Waals surface area contributed by atoms with Crippen LogP contribution in [0.3, 0.4) is 0 Å². The van der Waals surface area contributed by atoms with Crippen molar-refractivity contribution in [3.63, 3.8) is 0 Å². The average molecular weight is 183 g/mol. The molecule has 1 aliphatic carbocycles. The Morgan fingerprint density at radius 3 is 2.77 bits per heavy atom. The van der Waals surface area contributed by atoms with E-state index in [2.05, 4.69) is 16.6 Å². The van der Waals surface area contributed by atoms with Crippen molar-refractivity contribution in [2.45, 2.75) is 25.7 Å². The van der Waals surface area contributed by atoms with E-state index < -0.39 is 0 Å². The van der Waals surface area contributed by atoms with Gasteiger partial charge in [0.15, 0.2) is 0 Å². The van der Waals surface area contributed by atoms with E-state index in [9.17, 15) is 9.81 Å². The fourth-order valence-electron chi connectivity index (χ4n) is 1.50. The molecule has 0 aliphatic heterocycles. The van der Waals surface area contributed by atoms with Crippen LogP contribution in [0.1, 0.15) is 25.7 Å². The third-order valence-corrected chi connectivity index (χ3v) is 2.19. The van der Waals surface area contributed by atoms with E-state index in [0.717, 1.165) is 19.3 Å². The highest BCUT2D eigenvalue weighted by molar-refractivity contribution is 4.91. The van der Waals surface area contributed by atoms with Crippen LogP contribution in [0.15, 0.2) is 22.7 Å². The summed E-state index contributed by atoms with van der Waals surface area (Å²) in [5.74, 6) is 0.234. The van der Waals surface area contributed by atoms with E-state index in [1.54, 1.807) is 0 Å². The molecule has 0 heterocycles. The van der Waals surface area contributed by atoms with Crippen LogP contribution in [-0.4, -0.2) is 11.7 Å². The number of hydrogen-bond donors (Lipinski definition) is 0. The minimum atomic E-state index is 0.234. The highest BCUT2D eigenvalue weighted by Crippen LogP contribution is 2.18. The minimum Gasteiger partial charge on any atom is -0.123 e. The fraction of sp³-hybridized carbons (Fsp3) is 0.750. The van der Waals surface area contributed by atoms with Gasteiger partial charge in [-0.1, -0.05) is 18.6 Å². The zero-order chi connectivity index (χ0) is 9.52. The lowest BCUT2D eigenvalue weighted by atomic mass is 10.0. The van der Waals surface area contributed by atoms with Crippen molar-refractivity contribution in [1.82, 2.24) is 5.12 Å². The Bertz CT molecular complexity index is 198. The first-order valence-electron chi connectivity index (χ1n) is 4.47. The molecular weight excluding hydrogens is 170 g/mol. The molecule has 72 valence electrons. The van der Waals surface area contributed by atoms with Crippen molar-refractivity contribution in [2.75, 3.05) is 6.54 Å². The van der Waals surface area contributed by atoms with Crippen molar-refractivity contribution in [3.05, 3.63) is 22.0 Å². The third kappa shape index (κ3) is 3.31. The van der Waals surface area contributed by atoms with E-state index in [-0.39, 0.29) is 5.92 Å². The second-order valence-electron chi connectivity index (χ2n) is 3.19. The van der Waals surface area contributed by atoms with E-state index in [1.165, 1.54) is 6.42 Å². The molecule has 5 heteroatoms. The smallest absolute Gasteiger partial charge is 0.0777 e. The lowest BCUT2D eigenvalue weighted by Gasteiger charge is -2.11. The maximum atomic E-state index is 10.1. The molecule has 0 aromatic carbocycles. The second kappa shape index (κ2) is 5.40. The van der Waals surface area contributed by atoms with Gasteiger partial charge in [-0.3, -0.25) is 0 Å². The van der Waals surface area contributed by atoms with Crippen molar-refractivity contribution in [2.24, 2.45) is 16.5 Å². The molecule has 1 aliphatic rings. The summed E-state index contributed by atoms with van der Waals surface area (Å²) in [5, 5.41) is 5.67. The van der Waals surface area contributed by atoms with Crippen LogP contribution in [0.4, 0.5) is 0 Å². The zero-order valence-electron chi connectivity index (χ0n) is 7.43. The zero-order valence-corrected chi connectivity index (χ0v) is 7.43. The molecule has 0 N–H and O–H groups in total. The van der Waals surface area contributed by atoms with Crippen molar-refractivity contribution < 1.29 is 0 Å². The summed E-state index contributed by atoms with van der Waals surface area (Å²) in [4.78, 5) is 20.1. The molecule has 13 heavy (non-hydrogen) atoms. The SMILES string of the molecule is O=NN(CC1C=CCCCC1)N=O. The summed E-state index contributed by atoms with van der Waals surface area (Å²) in [6.45, 7) is 0.309. The van der Waals surface area contributed by atoms with Crippen LogP contribution < -0.4 is 0 Å². The lowest BCUT2D eigenvalue weighted by Crippen LogP contribution is -2.17. The predicted octanol–water partition coefficient (Wildman–Crippen LogP) is 2.40. The Labute approximate surface area is 76.7 Å². The topological polar surface area (TPSA) is 62.1 Å². The summed E-state index contributed by atoms with van der Waals surface area (Å²) >= 11 is 0. The van der Waals surface area contributed by atoms with Gasteiger partial charge in [0.2, 0.25) is 0 Å². The van der Waals surface area contributed by atoms with Crippen molar-refractivity contribution in [1.29, 1.82) is 0 Å². The Morgan fingerprint density at radius 2 is 2.08 bits per heavy atom. The van der Waals surface area contributed by atoms with Crippen LogP contribution in [0.25, 0.3) is 0 Å².